The number of nitrogens with one attached hydrogen (secondary N) is 2. The molecule has 0 saturated carbocycles. The molecule has 1 aromatic heterocycles. The summed E-state index contributed by atoms with van der Waals surface area (Å²) in [5.74, 6) is -1.05. The predicted octanol–water partition coefficient (Wildman–Crippen LogP) is 2.06. The lowest BCUT2D eigenvalue weighted by Gasteiger charge is -2.10. The number of aromatic nitrogens is 2. The van der Waals surface area contributed by atoms with Gasteiger partial charge in [0.2, 0.25) is 0 Å². The molecule has 0 radical (unpaired) electrons. The summed E-state index contributed by atoms with van der Waals surface area (Å²) in [6.45, 7) is 0.516. The number of para-hydroxylation sites is 1. The highest BCUT2D eigenvalue weighted by Crippen LogP contribution is 2.33. The second-order valence-electron chi connectivity index (χ2n) is 4.51. The molecule has 0 bridgehead atoms. The molecule has 1 aliphatic heterocycles. The number of carboxylic acids is 1. The maximum Gasteiger partial charge on any atom is 0.307 e. The summed E-state index contributed by atoms with van der Waals surface area (Å²) in [6.07, 6.45) is 0.610. The molecule has 2 heterocycles. The Balaban J connectivity index is 1.98. The summed E-state index contributed by atoms with van der Waals surface area (Å²) < 4.78 is 0.854. The molecule has 5 nitrogen and oxygen atoms in total. The Hall–Kier alpha value is -1.40. The SMILES string of the molecule is O=C(O)C1CNC(c2cccc3c(Br)[nH]nc23)C1. The van der Waals surface area contributed by atoms with Crippen LogP contribution in [-0.4, -0.2) is 27.8 Å². The van der Waals surface area contributed by atoms with Crippen molar-refractivity contribution < 1.29 is 9.90 Å². The standard InChI is InChI=1S/C12H12BrN3O2/c13-11-8-3-1-2-7(10(8)15-16-11)9-4-6(5-14-9)12(17)18/h1-3,6,9,14H,4-5H2,(H,15,16)(H,17,18). The van der Waals surface area contributed by atoms with Crippen LogP contribution in [0.4, 0.5) is 0 Å². The Morgan fingerprint density at radius 2 is 2.33 bits per heavy atom. The monoisotopic (exact) mass is 309 g/mol. The quantitative estimate of drug-likeness (QED) is 0.793. The summed E-state index contributed by atoms with van der Waals surface area (Å²) in [5, 5.41) is 20.5. The number of halogens is 1. The van der Waals surface area contributed by atoms with Gasteiger partial charge in [-0.25, -0.2) is 0 Å². The number of nitrogens with zero attached hydrogens (tertiary/aromatic N) is 1. The summed E-state index contributed by atoms with van der Waals surface area (Å²) in [4.78, 5) is 11.0. The molecule has 1 aromatic carbocycles. The van der Waals surface area contributed by atoms with Gasteiger partial charge in [0.25, 0.3) is 0 Å². The van der Waals surface area contributed by atoms with Gasteiger partial charge in [-0.2, -0.15) is 5.10 Å². The smallest absolute Gasteiger partial charge is 0.307 e. The summed E-state index contributed by atoms with van der Waals surface area (Å²) in [5.41, 5.74) is 1.95. The second kappa shape index (κ2) is 4.37. The Morgan fingerprint density at radius 1 is 1.50 bits per heavy atom. The first-order valence-electron chi connectivity index (χ1n) is 5.75. The molecule has 6 heteroatoms. The van der Waals surface area contributed by atoms with Gasteiger partial charge in [0.05, 0.1) is 11.4 Å². The largest absolute Gasteiger partial charge is 0.481 e. The first-order valence-corrected chi connectivity index (χ1v) is 6.55. The van der Waals surface area contributed by atoms with Crippen molar-refractivity contribution in [3.63, 3.8) is 0 Å². The zero-order chi connectivity index (χ0) is 12.7. The average molecular weight is 310 g/mol. The molecule has 0 aliphatic carbocycles. The zero-order valence-corrected chi connectivity index (χ0v) is 11.1. The van der Waals surface area contributed by atoms with Crippen molar-refractivity contribution in [1.82, 2.24) is 15.5 Å². The Kier molecular flexibility index (Phi) is 2.83. The van der Waals surface area contributed by atoms with Crippen LogP contribution < -0.4 is 5.32 Å². The molecule has 3 N–H and O–H groups in total. The number of H-pyrrole nitrogens is 1. The molecule has 18 heavy (non-hydrogen) atoms. The highest BCUT2D eigenvalue weighted by molar-refractivity contribution is 9.10. The van der Waals surface area contributed by atoms with Gasteiger partial charge in [0, 0.05) is 18.0 Å². The maximum atomic E-state index is 11.0. The number of fused-ring (bicyclic) bond motifs is 1. The van der Waals surface area contributed by atoms with Gasteiger partial charge in [0.15, 0.2) is 0 Å². The fraction of sp³-hybridized carbons (Fsp3) is 0.333. The van der Waals surface area contributed by atoms with E-state index < -0.39 is 5.97 Å². The molecule has 2 atom stereocenters. The van der Waals surface area contributed by atoms with Crippen LogP contribution in [0.15, 0.2) is 22.8 Å². The minimum absolute atomic E-state index is 0.0602. The number of hydrogen-bond donors (Lipinski definition) is 3. The van der Waals surface area contributed by atoms with E-state index in [4.69, 9.17) is 5.11 Å². The molecule has 1 aliphatic rings. The van der Waals surface area contributed by atoms with Crippen molar-refractivity contribution in [3.05, 3.63) is 28.4 Å². The number of aromatic amines is 1. The molecule has 94 valence electrons. The average Bonchev–Trinajstić information content (AvgIpc) is 2.97. The van der Waals surface area contributed by atoms with Gasteiger partial charge in [-0.15, -0.1) is 0 Å². The van der Waals surface area contributed by atoms with E-state index in [0.29, 0.717) is 13.0 Å². The van der Waals surface area contributed by atoms with E-state index in [1.165, 1.54) is 0 Å². The Bertz CT molecular complexity index is 610. The van der Waals surface area contributed by atoms with E-state index in [2.05, 4.69) is 31.4 Å². The van der Waals surface area contributed by atoms with Crippen LogP contribution in [-0.2, 0) is 4.79 Å². The normalized spacial score (nSPS) is 23.6. The molecule has 2 unspecified atom stereocenters. The van der Waals surface area contributed by atoms with E-state index >= 15 is 0 Å². The van der Waals surface area contributed by atoms with Gasteiger partial charge >= 0.3 is 5.97 Å². The number of carbonyl (C=O) groups is 1. The van der Waals surface area contributed by atoms with Crippen LogP contribution in [0.5, 0.6) is 0 Å². The lowest BCUT2D eigenvalue weighted by atomic mass is 9.98. The third-order valence-corrected chi connectivity index (χ3v) is 4.03. The summed E-state index contributed by atoms with van der Waals surface area (Å²) in [6, 6.07) is 6.01. The highest BCUT2D eigenvalue weighted by atomic mass is 79.9. The van der Waals surface area contributed by atoms with E-state index in [9.17, 15) is 4.79 Å². The number of benzene rings is 1. The maximum absolute atomic E-state index is 11.0. The van der Waals surface area contributed by atoms with Crippen LogP contribution >= 0.6 is 15.9 Å². The molecular weight excluding hydrogens is 298 g/mol. The lowest BCUT2D eigenvalue weighted by molar-refractivity contribution is -0.141. The zero-order valence-electron chi connectivity index (χ0n) is 9.48. The van der Waals surface area contributed by atoms with Crippen LogP contribution in [0.2, 0.25) is 0 Å². The Labute approximate surface area is 112 Å². The minimum atomic E-state index is -0.736. The second-order valence-corrected chi connectivity index (χ2v) is 5.31. The first kappa shape index (κ1) is 11.7. The molecule has 0 spiro atoms. The lowest BCUT2D eigenvalue weighted by Crippen LogP contribution is -2.17. The van der Waals surface area contributed by atoms with Crippen LogP contribution in [0.25, 0.3) is 10.9 Å². The van der Waals surface area contributed by atoms with Crippen molar-refractivity contribution in [2.45, 2.75) is 12.5 Å². The van der Waals surface area contributed by atoms with Gasteiger partial charge in [0.1, 0.15) is 4.60 Å². The first-order chi connectivity index (χ1) is 8.66. The topological polar surface area (TPSA) is 78.0 Å². The van der Waals surface area contributed by atoms with Crippen molar-refractivity contribution in [1.29, 1.82) is 0 Å². The van der Waals surface area contributed by atoms with Gasteiger partial charge in [-0.1, -0.05) is 18.2 Å². The van der Waals surface area contributed by atoms with Gasteiger partial charge < -0.3 is 10.4 Å². The van der Waals surface area contributed by atoms with Crippen LogP contribution in [0.3, 0.4) is 0 Å². The van der Waals surface area contributed by atoms with Crippen molar-refractivity contribution >= 4 is 32.8 Å². The Morgan fingerprint density at radius 3 is 3.06 bits per heavy atom. The van der Waals surface area contributed by atoms with Gasteiger partial charge in [-0.3, -0.25) is 9.89 Å². The minimum Gasteiger partial charge on any atom is -0.481 e. The molecule has 1 fully saturated rings. The predicted molar refractivity (Wildman–Crippen MR) is 70.3 cm³/mol. The molecule has 2 aromatic rings. The highest BCUT2D eigenvalue weighted by Gasteiger charge is 2.31. The fourth-order valence-electron chi connectivity index (χ4n) is 2.47. The van der Waals surface area contributed by atoms with Crippen LogP contribution in [0.1, 0.15) is 18.0 Å². The van der Waals surface area contributed by atoms with Crippen molar-refractivity contribution in [3.8, 4) is 0 Å². The summed E-state index contributed by atoms with van der Waals surface area (Å²) >= 11 is 3.41. The van der Waals surface area contributed by atoms with Crippen molar-refractivity contribution in [2.24, 2.45) is 5.92 Å². The number of hydrogen-bond acceptors (Lipinski definition) is 3. The van der Waals surface area contributed by atoms with E-state index in [0.717, 1.165) is 21.1 Å². The van der Waals surface area contributed by atoms with E-state index in [1.54, 1.807) is 0 Å². The third kappa shape index (κ3) is 1.81. The summed E-state index contributed by atoms with van der Waals surface area (Å²) in [7, 11) is 0. The molecular formula is C12H12BrN3O2. The molecule has 0 amide bonds. The third-order valence-electron chi connectivity index (χ3n) is 3.43. The number of aliphatic carboxylic acids is 1. The molecule has 3 rings (SSSR count). The number of rotatable bonds is 2. The van der Waals surface area contributed by atoms with Crippen molar-refractivity contribution in [2.75, 3.05) is 6.54 Å². The fourth-order valence-corrected chi connectivity index (χ4v) is 2.88. The van der Waals surface area contributed by atoms with Crippen LogP contribution in [0, 0.1) is 5.92 Å². The number of carboxylic acid groups (broad SMARTS) is 1. The molecule has 1 saturated heterocycles. The van der Waals surface area contributed by atoms with E-state index in [1.807, 2.05) is 18.2 Å². The van der Waals surface area contributed by atoms with Gasteiger partial charge in [-0.05, 0) is 27.9 Å². The van der Waals surface area contributed by atoms with E-state index in [-0.39, 0.29) is 12.0 Å².